The third-order valence-electron chi connectivity index (χ3n) is 3.11. The highest BCUT2D eigenvalue weighted by atomic mass is 19.4. The van der Waals surface area contributed by atoms with Crippen molar-refractivity contribution in [2.75, 3.05) is 13.2 Å². The van der Waals surface area contributed by atoms with Gasteiger partial charge in [0.15, 0.2) is 0 Å². The van der Waals surface area contributed by atoms with E-state index in [1.54, 1.807) is 55.5 Å². The van der Waals surface area contributed by atoms with Gasteiger partial charge in [0, 0.05) is 6.04 Å². The summed E-state index contributed by atoms with van der Waals surface area (Å²) in [6.07, 6.45) is -4.39. The summed E-state index contributed by atoms with van der Waals surface area (Å²) >= 11 is 0. The van der Waals surface area contributed by atoms with E-state index in [1.807, 2.05) is 6.07 Å². The number of amides is 1. The predicted molar refractivity (Wildman–Crippen MR) is 86.8 cm³/mol. The molecule has 0 aliphatic rings. The second kappa shape index (κ2) is 8.53. The third-order valence-corrected chi connectivity index (χ3v) is 3.11. The molecule has 0 aromatic heterocycles. The first-order valence-electron chi connectivity index (χ1n) is 7.62. The molecule has 0 aliphatic heterocycles. The molecule has 4 nitrogen and oxygen atoms in total. The zero-order chi connectivity index (χ0) is 18.3. The standard InChI is InChI=1S/C18H18F3NO3/c1-13(11-24-12-18(19,20)21)22-17(23)15-9-5-6-10-16(15)25-14-7-3-2-4-8-14/h2-10,13H,11-12H2,1H3,(H,22,23). The number of hydrogen-bond donors (Lipinski definition) is 1. The smallest absolute Gasteiger partial charge is 0.411 e. The normalized spacial score (nSPS) is 12.5. The quantitative estimate of drug-likeness (QED) is 0.812. The first-order valence-corrected chi connectivity index (χ1v) is 7.62. The Labute approximate surface area is 143 Å². The molecule has 134 valence electrons. The van der Waals surface area contributed by atoms with Gasteiger partial charge in [-0.2, -0.15) is 13.2 Å². The van der Waals surface area contributed by atoms with E-state index in [0.717, 1.165) is 0 Å². The van der Waals surface area contributed by atoms with E-state index in [2.05, 4.69) is 10.1 Å². The van der Waals surface area contributed by atoms with Crippen molar-refractivity contribution in [1.82, 2.24) is 5.32 Å². The van der Waals surface area contributed by atoms with Crippen LogP contribution in [-0.2, 0) is 4.74 Å². The molecular weight excluding hydrogens is 335 g/mol. The molecule has 0 spiro atoms. The lowest BCUT2D eigenvalue weighted by Crippen LogP contribution is -2.37. The van der Waals surface area contributed by atoms with Crippen molar-refractivity contribution in [2.24, 2.45) is 0 Å². The first kappa shape index (κ1) is 18.8. The highest BCUT2D eigenvalue weighted by Crippen LogP contribution is 2.25. The van der Waals surface area contributed by atoms with Crippen molar-refractivity contribution in [3.8, 4) is 11.5 Å². The van der Waals surface area contributed by atoms with Gasteiger partial charge < -0.3 is 14.8 Å². The number of carbonyl (C=O) groups excluding carboxylic acids is 1. The van der Waals surface area contributed by atoms with Gasteiger partial charge in [0.05, 0.1) is 12.2 Å². The molecule has 0 bridgehead atoms. The maximum absolute atomic E-state index is 12.4. The van der Waals surface area contributed by atoms with Crippen LogP contribution in [-0.4, -0.2) is 31.3 Å². The van der Waals surface area contributed by atoms with E-state index < -0.39 is 24.7 Å². The van der Waals surface area contributed by atoms with Crippen LogP contribution in [0.25, 0.3) is 0 Å². The van der Waals surface area contributed by atoms with E-state index in [0.29, 0.717) is 11.5 Å². The molecule has 1 N–H and O–H groups in total. The van der Waals surface area contributed by atoms with Crippen molar-refractivity contribution in [2.45, 2.75) is 19.1 Å². The minimum atomic E-state index is -4.39. The molecule has 2 aromatic carbocycles. The van der Waals surface area contributed by atoms with Crippen molar-refractivity contribution < 1.29 is 27.4 Å². The largest absolute Gasteiger partial charge is 0.457 e. The SMILES string of the molecule is CC(COCC(F)(F)F)NC(=O)c1ccccc1Oc1ccccc1. The van der Waals surface area contributed by atoms with Gasteiger partial charge in [-0.05, 0) is 31.2 Å². The Hall–Kier alpha value is -2.54. The van der Waals surface area contributed by atoms with E-state index in [-0.39, 0.29) is 12.2 Å². The van der Waals surface area contributed by atoms with Crippen molar-refractivity contribution >= 4 is 5.91 Å². The van der Waals surface area contributed by atoms with Gasteiger partial charge in [-0.15, -0.1) is 0 Å². The van der Waals surface area contributed by atoms with Gasteiger partial charge in [-0.3, -0.25) is 4.79 Å². The number of rotatable bonds is 7. The average Bonchev–Trinajstić information content (AvgIpc) is 2.55. The van der Waals surface area contributed by atoms with Crippen molar-refractivity contribution in [1.29, 1.82) is 0 Å². The fourth-order valence-corrected chi connectivity index (χ4v) is 2.05. The summed E-state index contributed by atoms with van der Waals surface area (Å²) < 4.78 is 46.4. The second-order valence-electron chi connectivity index (χ2n) is 5.42. The summed E-state index contributed by atoms with van der Waals surface area (Å²) in [5.41, 5.74) is 0.286. The lowest BCUT2D eigenvalue weighted by Gasteiger charge is -2.16. The summed E-state index contributed by atoms with van der Waals surface area (Å²) in [6.45, 7) is -0.0250. The Morgan fingerprint density at radius 1 is 1.08 bits per heavy atom. The van der Waals surface area contributed by atoms with Gasteiger partial charge in [0.25, 0.3) is 5.91 Å². The number of hydrogen-bond acceptors (Lipinski definition) is 3. The lowest BCUT2D eigenvalue weighted by atomic mass is 10.1. The summed E-state index contributed by atoms with van der Waals surface area (Å²) in [7, 11) is 0. The molecule has 1 amide bonds. The van der Waals surface area contributed by atoms with Crippen LogP contribution in [0.1, 0.15) is 17.3 Å². The third kappa shape index (κ3) is 6.46. The van der Waals surface area contributed by atoms with E-state index in [9.17, 15) is 18.0 Å². The Bertz CT molecular complexity index is 689. The van der Waals surface area contributed by atoms with Gasteiger partial charge in [-0.1, -0.05) is 30.3 Å². The molecule has 1 unspecified atom stereocenters. The molecule has 1 atom stereocenters. The number of alkyl halides is 3. The number of benzene rings is 2. The molecule has 0 radical (unpaired) electrons. The molecule has 2 aromatic rings. The maximum atomic E-state index is 12.4. The monoisotopic (exact) mass is 353 g/mol. The fraction of sp³-hybridized carbons (Fsp3) is 0.278. The van der Waals surface area contributed by atoms with Crippen LogP contribution >= 0.6 is 0 Å². The van der Waals surface area contributed by atoms with Crippen LogP contribution in [0.15, 0.2) is 54.6 Å². The van der Waals surface area contributed by atoms with Crippen LogP contribution in [0.4, 0.5) is 13.2 Å². The molecule has 0 aliphatic carbocycles. The fourth-order valence-electron chi connectivity index (χ4n) is 2.05. The highest BCUT2D eigenvalue weighted by molar-refractivity contribution is 5.97. The summed E-state index contributed by atoms with van der Waals surface area (Å²) in [6, 6.07) is 15.0. The number of para-hydroxylation sites is 2. The maximum Gasteiger partial charge on any atom is 0.411 e. The van der Waals surface area contributed by atoms with Crippen LogP contribution in [0.2, 0.25) is 0 Å². The summed E-state index contributed by atoms with van der Waals surface area (Å²) in [5.74, 6) is 0.480. The molecule has 0 fully saturated rings. The lowest BCUT2D eigenvalue weighted by molar-refractivity contribution is -0.174. The molecule has 0 saturated carbocycles. The summed E-state index contributed by atoms with van der Waals surface area (Å²) in [4.78, 5) is 12.4. The van der Waals surface area contributed by atoms with Gasteiger partial charge in [0.1, 0.15) is 18.1 Å². The molecular formula is C18H18F3NO3. The molecule has 7 heteroatoms. The van der Waals surface area contributed by atoms with Crippen LogP contribution in [0, 0.1) is 0 Å². The minimum Gasteiger partial charge on any atom is -0.457 e. The minimum absolute atomic E-state index is 0.243. The molecule has 2 rings (SSSR count). The van der Waals surface area contributed by atoms with Crippen LogP contribution < -0.4 is 10.1 Å². The number of nitrogens with one attached hydrogen (secondary N) is 1. The second-order valence-corrected chi connectivity index (χ2v) is 5.42. The zero-order valence-corrected chi connectivity index (χ0v) is 13.5. The zero-order valence-electron chi connectivity index (χ0n) is 13.5. The van der Waals surface area contributed by atoms with Crippen molar-refractivity contribution in [3.05, 3.63) is 60.2 Å². The number of carbonyl (C=O) groups is 1. The Kier molecular flexibility index (Phi) is 6.41. The summed E-state index contributed by atoms with van der Waals surface area (Å²) in [5, 5.41) is 2.60. The molecule has 25 heavy (non-hydrogen) atoms. The first-order chi connectivity index (χ1) is 11.8. The average molecular weight is 353 g/mol. The number of ether oxygens (including phenoxy) is 2. The predicted octanol–water partition coefficient (Wildman–Crippen LogP) is 4.18. The Balaban J connectivity index is 1.97. The van der Waals surface area contributed by atoms with E-state index in [1.165, 1.54) is 0 Å². The van der Waals surface area contributed by atoms with Crippen molar-refractivity contribution in [3.63, 3.8) is 0 Å². The van der Waals surface area contributed by atoms with Gasteiger partial charge in [0.2, 0.25) is 0 Å². The van der Waals surface area contributed by atoms with Gasteiger partial charge >= 0.3 is 6.18 Å². The van der Waals surface area contributed by atoms with Crippen LogP contribution in [0.5, 0.6) is 11.5 Å². The Morgan fingerprint density at radius 3 is 2.40 bits per heavy atom. The van der Waals surface area contributed by atoms with Gasteiger partial charge in [-0.25, -0.2) is 0 Å². The highest BCUT2D eigenvalue weighted by Gasteiger charge is 2.27. The van der Waals surface area contributed by atoms with Crippen LogP contribution in [0.3, 0.4) is 0 Å². The van der Waals surface area contributed by atoms with E-state index >= 15 is 0 Å². The van der Waals surface area contributed by atoms with E-state index in [4.69, 9.17) is 4.74 Å². The Morgan fingerprint density at radius 2 is 1.72 bits per heavy atom. The molecule has 0 saturated heterocycles. The number of halogens is 3. The molecule has 0 heterocycles. The topological polar surface area (TPSA) is 47.6 Å².